The predicted octanol–water partition coefficient (Wildman–Crippen LogP) is 0.905. The van der Waals surface area contributed by atoms with Gasteiger partial charge in [0.1, 0.15) is 0 Å². The van der Waals surface area contributed by atoms with Crippen molar-refractivity contribution in [3.8, 4) is 0 Å². The summed E-state index contributed by atoms with van der Waals surface area (Å²) in [7, 11) is 0. The van der Waals surface area contributed by atoms with E-state index in [0.717, 1.165) is 0 Å². The molecule has 3 N–H and O–H groups in total. The molecule has 5 nitrogen and oxygen atoms in total. The quantitative estimate of drug-likeness (QED) is 0.732. The molecule has 0 saturated carbocycles. The Morgan fingerprint density at radius 3 is 2.59 bits per heavy atom. The highest BCUT2D eigenvalue weighted by atomic mass is 35.5. The van der Waals surface area contributed by atoms with Crippen molar-refractivity contribution in [2.24, 2.45) is 0 Å². The van der Waals surface area contributed by atoms with Crippen LogP contribution in [-0.2, 0) is 4.79 Å². The lowest BCUT2D eigenvalue weighted by Crippen LogP contribution is -2.30. The maximum atomic E-state index is 11.6. The first-order chi connectivity index (χ1) is 8.02. The van der Waals surface area contributed by atoms with Crippen LogP contribution in [-0.4, -0.2) is 34.7 Å². The summed E-state index contributed by atoms with van der Waals surface area (Å²) < 4.78 is 0. The van der Waals surface area contributed by atoms with E-state index in [4.69, 9.17) is 21.8 Å². The van der Waals surface area contributed by atoms with Gasteiger partial charge in [0.2, 0.25) is 0 Å². The topological polar surface area (TPSA) is 86.6 Å². The van der Waals surface area contributed by atoms with Crippen molar-refractivity contribution in [1.29, 1.82) is 0 Å². The zero-order valence-corrected chi connectivity index (χ0v) is 9.65. The molecule has 0 aliphatic carbocycles. The van der Waals surface area contributed by atoms with E-state index < -0.39 is 18.0 Å². The van der Waals surface area contributed by atoms with Gasteiger partial charge >= 0.3 is 5.97 Å². The molecule has 0 heterocycles. The highest BCUT2D eigenvalue weighted by Crippen LogP contribution is 2.14. The molecule has 0 bridgehead atoms. The number of hydrogen-bond acceptors (Lipinski definition) is 3. The van der Waals surface area contributed by atoms with Crippen LogP contribution in [0.3, 0.4) is 0 Å². The average Bonchev–Trinajstić information content (AvgIpc) is 2.29. The minimum atomic E-state index is -1.47. The van der Waals surface area contributed by atoms with Crippen molar-refractivity contribution in [2.45, 2.75) is 12.5 Å². The number of rotatable bonds is 5. The van der Waals surface area contributed by atoms with Crippen molar-refractivity contribution >= 4 is 23.5 Å². The first-order valence-electron chi connectivity index (χ1n) is 4.96. The Kier molecular flexibility index (Phi) is 4.93. The molecule has 1 aromatic rings. The molecule has 0 aromatic heterocycles. The van der Waals surface area contributed by atoms with Gasteiger partial charge < -0.3 is 15.5 Å². The van der Waals surface area contributed by atoms with Crippen LogP contribution in [0.2, 0.25) is 5.02 Å². The number of carbonyl (C=O) groups excluding carboxylic acids is 1. The second kappa shape index (κ2) is 6.22. The molecule has 1 aromatic carbocycles. The van der Waals surface area contributed by atoms with E-state index in [0.29, 0.717) is 10.6 Å². The Balaban J connectivity index is 2.46. The number of halogens is 1. The van der Waals surface area contributed by atoms with Gasteiger partial charge in [0.15, 0.2) is 6.10 Å². The van der Waals surface area contributed by atoms with Crippen LogP contribution in [0.5, 0.6) is 0 Å². The molecule has 17 heavy (non-hydrogen) atoms. The highest BCUT2D eigenvalue weighted by Gasteiger charge is 2.14. The van der Waals surface area contributed by atoms with Gasteiger partial charge in [-0.2, -0.15) is 0 Å². The smallest absolute Gasteiger partial charge is 0.332 e. The summed E-state index contributed by atoms with van der Waals surface area (Å²) in [5.41, 5.74) is 0.319. The van der Waals surface area contributed by atoms with E-state index in [-0.39, 0.29) is 13.0 Å². The van der Waals surface area contributed by atoms with Crippen LogP contribution in [0, 0.1) is 0 Å². The van der Waals surface area contributed by atoms with E-state index in [1.807, 2.05) is 0 Å². The third-order valence-electron chi connectivity index (χ3n) is 2.11. The van der Waals surface area contributed by atoms with Crippen molar-refractivity contribution in [1.82, 2.24) is 5.32 Å². The number of nitrogens with one attached hydrogen (secondary N) is 1. The van der Waals surface area contributed by atoms with Crippen LogP contribution >= 0.6 is 11.6 Å². The number of carboxylic acid groups (broad SMARTS) is 1. The van der Waals surface area contributed by atoms with E-state index in [9.17, 15) is 9.59 Å². The molecular weight excluding hydrogens is 246 g/mol. The standard InChI is InChI=1S/C11H12ClNO4/c12-8-4-2-1-3-7(8)10(15)13-6-5-9(14)11(16)17/h1-4,9,14H,5-6H2,(H,13,15)(H,16,17). The van der Waals surface area contributed by atoms with Crippen LogP contribution < -0.4 is 5.32 Å². The fraction of sp³-hybridized carbons (Fsp3) is 0.273. The Bertz CT molecular complexity index is 422. The summed E-state index contributed by atoms with van der Waals surface area (Å²) in [5, 5.41) is 20.2. The first-order valence-corrected chi connectivity index (χ1v) is 5.33. The minimum absolute atomic E-state index is 0.0501. The first kappa shape index (κ1) is 13.5. The Morgan fingerprint density at radius 2 is 2.00 bits per heavy atom. The van der Waals surface area contributed by atoms with E-state index in [2.05, 4.69) is 5.32 Å². The lowest BCUT2D eigenvalue weighted by molar-refractivity contribution is -0.146. The molecule has 0 aliphatic heterocycles. The number of carboxylic acids is 1. The molecule has 1 unspecified atom stereocenters. The lowest BCUT2D eigenvalue weighted by atomic mass is 10.2. The van der Waals surface area contributed by atoms with Crippen LogP contribution in [0.4, 0.5) is 0 Å². The van der Waals surface area contributed by atoms with Gasteiger partial charge in [0.05, 0.1) is 10.6 Å². The molecule has 0 saturated heterocycles. The van der Waals surface area contributed by atoms with Gasteiger partial charge in [0, 0.05) is 13.0 Å². The van der Waals surface area contributed by atoms with Gasteiger partial charge in [-0.05, 0) is 12.1 Å². The molecule has 92 valence electrons. The molecule has 0 radical (unpaired) electrons. The summed E-state index contributed by atoms with van der Waals surface area (Å²) in [5.74, 6) is -1.70. The molecule has 1 amide bonds. The van der Waals surface area contributed by atoms with Crippen molar-refractivity contribution in [2.75, 3.05) is 6.54 Å². The molecule has 0 spiro atoms. The van der Waals surface area contributed by atoms with Crippen LogP contribution in [0.15, 0.2) is 24.3 Å². The SMILES string of the molecule is O=C(NCCC(O)C(=O)O)c1ccccc1Cl. The van der Waals surface area contributed by atoms with E-state index >= 15 is 0 Å². The summed E-state index contributed by atoms with van der Waals surface area (Å²) >= 11 is 5.81. The van der Waals surface area contributed by atoms with Crippen molar-refractivity contribution in [3.63, 3.8) is 0 Å². The molecule has 1 rings (SSSR count). The minimum Gasteiger partial charge on any atom is -0.479 e. The summed E-state index contributed by atoms with van der Waals surface area (Å²) in [4.78, 5) is 21.9. The average molecular weight is 258 g/mol. The summed E-state index contributed by atoms with van der Waals surface area (Å²) in [6.07, 6.45) is -1.52. The van der Waals surface area contributed by atoms with Crippen molar-refractivity contribution in [3.05, 3.63) is 34.9 Å². The monoisotopic (exact) mass is 257 g/mol. The largest absolute Gasteiger partial charge is 0.479 e. The Hall–Kier alpha value is -1.59. The summed E-state index contributed by atoms with van der Waals surface area (Å²) in [6.45, 7) is 0.0670. The predicted molar refractivity (Wildman–Crippen MR) is 62.0 cm³/mol. The number of benzene rings is 1. The Morgan fingerprint density at radius 1 is 1.35 bits per heavy atom. The molecule has 6 heteroatoms. The van der Waals surface area contributed by atoms with Gasteiger partial charge in [-0.3, -0.25) is 4.79 Å². The zero-order valence-electron chi connectivity index (χ0n) is 8.89. The number of amides is 1. The zero-order chi connectivity index (χ0) is 12.8. The normalized spacial score (nSPS) is 11.9. The van der Waals surface area contributed by atoms with E-state index in [1.54, 1.807) is 24.3 Å². The highest BCUT2D eigenvalue weighted by molar-refractivity contribution is 6.33. The third kappa shape index (κ3) is 4.05. The van der Waals surface area contributed by atoms with Gasteiger partial charge in [-0.25, -0.2) is 4.79 Å². The van der Waals surface area contributed by atoms with Crippen LogP contribution in [0.1, 0.15) is 16.8 Å². The fourth-order valence-corrected chi connectivity index (χ4v) is 1.41. The molecule has 0 fully saturated rings. The lowest BCUT2D eigenvalue weighted by Gasteiger charge is -2.08. The fourth-order valence-electron chi connectivity index (χ4n) is 1.19. The number of hydrogen-bond donors (Lipinski definition) is 3. The van der Waals surface area contributed by atoms with Crippen molar-refractivity contribution < 1.29 is 19.8 Å². The third-order valence-corrected chi connectivity index (χ3v) is 2.44. The number of aliphatic hydroxyl groups excluding tert-OH is 1. The second-order valence-corrected chi connectivity index (χ2v) is 3.79. The van der Waals surface area contributed by atoms with Gasteiger partial charge in [-0.15, -0.1) is 0 Å². The maximum absolute atomic E-state index is 11.6. The van der Waals surface area contributed by atoms with Crippen LogP contribution in [0.25, 0.3) is 0 Å². The number of carbonyl (C=O) groups is 2. The molecular formula is C11H12ClNO4. The molecule has 0 aliphatic rings. The Labute approximate surface area is 103 Å². The number of aliphatic carboxylic acids is 1. The van der Waals surface area contributed by atoms with Gasteiger partial charge in [-0.1, -0.05) is 23.7 Å². The second-order valence-electron chi connectivity index (χ2n) is 3.38. The van der Waals surface area contributed by atoms with E-state index in [1.165, 1.54) is 0 Å². The molecule has 1 atom stereocenters. The van der Waals surface area contributed by atoms with Gasteiger partial charge in [0.25, 0.3) is 5.91 Å². The number of aliphatic hydroxyl groups is 1. The maximum Gasteiger partial charge on any atom is 0.332 e. The summed E-state index contributed by atoms with van der Waals surface area (Å²) in [6, 6.07) is 6.52.